The van der Waals surface area contributed by atoms with E-state index in [9.17, 15) is 18.8 Å². The highest BCUT2D eigenvalue weighted by atomic mass is 79.9. The molecule has 202 valence electrons. The lowest BCUT2D eigenvalue weighted by atomic mass is 10.1. The van der Waals surface area contributed by atoms with Crippen molar-refractivity contribution < 1.29 is 28.2 Å². The van der Waals surface area contributed by atoms with Gasteiger partial charge in [0, 0.05) is 10.6 Å². The topological polar surface area (TPSA) is 84.9 Å². The van der Waals surface area contributed by atoms with Crippen LogP contribution in [-0.4, -0.2) is 41.4 Å². The van der Waals surface area contributed by atoms with Gasteiger partial charge in [0.05, 0.1) is 16.0 Å². The van der Waals surface area contributed by atoms with Crippen molar-refractivity contribution >= 4 is 68.3 Å². The number of rotatable bonds is 10. The Morgan fingerprint density at radius 3 is 2.62 bits per heavy atom. The first-order chi connectivity index (χ1) is 18.8. The summed E-state index contributed by atoms with van der Waals surface area (Å²) in [6, 6.07) is 16.7. The lowest BCUT2D eigenvalue weighted by Gasteiger charge is -2.15. The Morgan fingerprint density at radius 2 is 1.90 bits per heavy atom. The molecule has 3 aromatic carbocycles. The Balaban J connectivity index is 1.48. The van der Waals surface area contributed by atoms with Crippen molar-refractivity contribution in [2.75, 3.05) is 24.7 Å². The van der Waals surface area contributed by atoms with Gasteiger partial charge in [0.25, 0.3) is 11.1 Å². The van der Waals surface area contributed by atoms with E-state index in [1.54, 1.807) is 36.4 Å². The van der Waals surface area contributed by atoms with Gasteiger partial charge in [-0.3, -0.25) is 19.3 Å². The summed E-state index contributed by atoms with van der Waals surface area (Å²) >= 11 is 5.80. The Labute approximate surface area is 242 Å². The van der Waals surface area contributed by atoms with Crippen LogP contribution in [0.5, 0.6) is 11.5 Å². The second-order valence-electron chi connectivity index (χ2n) is 8.23. The molecule has 0 spiro atoms. The molecule has 0 bridgehead atoms. The summed E-state index contributed by atoms with van der Waals surface area (Å²) in [7, 11) is 0. The van der Waals surface area contributed by atoms with Crippen molar-refractivity contribution in [1.82, 2.24) is 4.90 Å². The number of nitrogens with zero attached hydrogens (tertiary/aromatic N) is 1. The van der Waals surface area contributed by atoms with E-state index >= 15 is 0 Å². The molecule has 1 aliphatic heterocycles. The molecule has 1 saturated heterocycles. The largest absolute Gasteiger partial charge is 0.490 e. The number of hydrogen-bond acceptors (Lipinski definition) is 7. The number of halogens is 2. The number of benzene rings is 3. The van der Waals surface area contributed by atoms with Crippen LogP contribution in [0.15, 0.2) is 74.9 Å². The van der Waals surface area contributed by atoms with Crippen molar-refractivity contribution in [1.29, 1.82) is 0 Å². The number of carbonyl (C=O) groups excluding carboxylic acids is 3. The summed E-state index contributed by atoms with van der Waals surface area (Å²) < 4.78 is 25.5. The van der Waals surface area contributed by atoms with Crippen molar-refractivity contribution in [2.24, 2.45) is 0 Å². The van der Waals surface area contributed by atoms with Crippen molar-refractivity contribution in [3.05, 3.63) is 87.0 Å². The highest BCUT2D eigenvalue weighted by Crippen LogP contribution is 2.39. The summed E-state index contributed by atoms with van der Waals surface area (Å²) in [5.74, 6) is -0.463. The molecular weight excluding hydrogens is 607 g/mol. The molecule has 3 aromatic rings. The predicted molar refractivity (Wildman–Crippen MR) is 156 cm³/mol. The van der Waals surface area contributed by atoms with Gasteiger partial charge in [-0.2, -0.15) is 0 Å². The molecule has 1 aliphatic rings. The van der Waals surface area contributed by atoms with Gasteiger partial charge < -0.3 is 14.8 Å². The van der Waals surface area contributed by atoms with E-state index in [0.717, 1.165) is 27.1 Å². The van der Waals surface area contributed by atoms with E-state index in [2.05, 4.69) is 21.2 Å². The van der Waals surface area contributed by atoms with E-state index in [1.165, 1.54) is 23.9 Å². The zero-order chi connectivity index (χ0) is 27.9. The van der Waals surface area contributed by atoms with Crippen molar-refractivity contribution in [3.8, 4) is 11.5 Å². The van der Waals surface area contributed by atoms with Gasteiger partial charge in [-0.15, -0.1) is 11.8 Å². The molecule has 0 radical (unpaired) electrons. The molecule has 1 heterocycles. The third kappa shape index (κ3) is 7.43. The average molecular weight is 632 g/mol. The van der Waals surface area contributed by atoms with Crippen LogP contribution in [0.1, 0.15) is 18.1 Å². The fourth-order valence-corrected chi connectivity index (χ4v) is 5.51. The zero-order valence-electron chi connectivity index (χ0n) is 21.0. The first-order valence-corrected chi connectivity index (χ1v) is 14.6. The zero-order valence-corrected chi connectivity index (χ0v) is 24.3. The van der Waals surface area contributed by atoms with Crippen LogP contribution in [0.2, 0.25) is 0 Å². The maximum absolute atomic E-state index is 13.2. The highest BCUT2D eigenvalue weighted by Gasteiger charge is 2.36. The SMILES string of the molecule is CCOc1cc(/C=C2\SC(=O)N(CC(=O)Nc3cccc(SC)c3)C2=O)cc(Br)c1OCc1ccc(F)cc1. The number of amides is 3. The molecule has 0 saturated carbocycles. The number of thioether (sulfide) groups is 2. The molecule has 39 heavy (non-hydrogen) atoms. The monoisotopic (exact) mass is 630 g/mol. The molecule has 0 atom stereocenters. The number of hydrogen-bond donors (Lipinski definition) is 1. The van der Waals surface area contributed by atoms with Gasteiger partial charge >= 0.3 is 0 Å². The van der Waals surface area contributed by atoms with Gasteiger partial charge in [0.2, 0.25) is 5.91 Å². The molecule has 11 heteroatoms. The Morgan fingerprint density at radius 1 is 1.13 bits per heavy atom. The van der Waals surface area contributed by atoms with Gasteiger partial charge in [-0.25, -0.2) is 4.39 Å². The summed E-state index contributed by atoms with van der Waals surface area (Å²) in [6.07, 6.45) is 3.50. The number of carbonyl (C=O) groups is 3. The first-order valence-electron chi connectivity index (χ1n) is 11.8. The minimum atomic E-state index is -0.552. The standard InChI is InChI=1S/C28H24BrFN2O5S2/c1-3-36-23-12-18(11-22(29)26(23)37-16-17-7-9-19(30)10-8-17)13-24-27(34)32(28(35)39-24)15-25(33)31-20-5-4-6-21(14-20)38-2/h4-14H,3,15-16H2,1-2H3,(H,31,33)/b24-13-. The number of nitrogens with one attached hydrogen (secondary N) is 1. The number of imide groups is 1. The van der Waals surface area contributed by atoms with Crippen LogP contribution in [0.3, 0.4) is 0 Å². The van der Waals surface area contributed by atoms with Crippen LogP contribution in [0.4, 0.5) is 14.9 Å². The molecule has 4 rings (SSSR count). The maximum atomic E-state index is 13.2. The average Bonchev–Trinajstić information content (AvgIpc) is 3.16. The quantitative estimate of drug-likeness (QED) is 0.191. The van der Waals surface area contributed by atoms with Gasteiger partial charge in [-0.05, 0) is 101 Å². The lowest BCUT2D eigenvalue weighted by Crippen LogP contribution is -2.36. The predicted octanol–water partition coefficient (Wildman–Crippen LogP) is 6.96. The highest BCUT2D eigenvalue weighted by molar-refractivity contribution is 9.10. The molecule has 1 N–H and O–H groups in total. The summed E-state index contributed by atoms with van der Waals surface area (Å²) in [4.78, 5) is 40.2. The van der Waals surface area contributed by atoms with Crippen molar-refractivity contribution in [3.63, 3.8) is 0 Å². The molecule has 1 fully saturated rings. The van der Waals surface area contributed by atoms with Crippen LogP contribution < -0.4 is 14.8 Å². The van der Waals surface area contributed by atoms with E-state index in [1.807, 2.05) is 31.4 Å². The van der Waals surface area contributed by atoms with Gasteiger partial charge in [-0.1, -0.05) is 18.2 Å². The second-order valence-corrected chi connectivity index (χ2v) is 11.0. The molecule has 0 aliphatic carbocycles. The Bertz CT molecular complexity index is 1430. The van der Waals surface area contributed by atoms with Crippen molar-refractivity contribution in [2.45, 2.75) is 18.4 Å². The third-order valence-corrected chi connectivity index (χ3v) is 7.68. The van der Waals surface area contributed by atoms with Gasteiger partial charge in [0.1, 0.15) is 19.0 Å². The minimum absolute atomic E-state index is 0.187. The van der Waals surface area contributed by atoms with E-state index < -0.39 is 23.6 Å². The lowest BCUT2D eigenvalue weighted by molar-refractivity contribution is -0.127. The molecule has 7 nitrogen and oxygen atoms in total. The number of ether oxygens (including phenoxy) is 2. The smallest absolute Gasteiger partial charge is 0.294 e. The van der Waals surface area contributed by atoms with Crippen LogP contribution in [-0.2, 0) is 16.2 Å². The molecule has 0 unspecified atom stereocenters. The van der Waals surface area contributed by atoms with Crippen LogP contribution in [0, 0.1) is 5.82 Å². The summed E-state index contributed by atoms with van der Waals surface area (Å²) in [5, 5.41) is 2.20. The Kier molecular flexibility index (Phi) is 9.71. The van der Waals surface area contributed by atoms with Gasteiger partial charge in [0.15, 0.2) is 11.5 Å². The fourth-order valence-electron chi connectivity index (χ4n) is 3.64. The summed E-state index contributed by atoms with van der Waals surface area (Å²) in [6.45, 7) is 2.00. The minimum Gasteiger partial charge on any atom is -0.490 e. The third-order valence-electron chi connectivity index (χ3n) is 5.45. The fraction of sp³-hybridized carbons (Fsp3) is 0.179. The Hall–Kier alpha value is -3.28. The van der Waals surface area contributed by atoms with E-state index in [-0.39, 0.29) is 17.3 Å². The number of anilines is 1. The second kappa shape index (κ2) is 13.2. The van der Waals surface area contributed by atoms with E-state index in [4.69, 9.17) is 9.47 Å². The normalized spacial score (nSPS) is 14.2. The first kappa shape index (κ1) is 28.7. The van der Waals surface area contributed by atoms with Crippen LogP contribution >= 0.6 is 39.5 Å². The maximum Gasteiger partial charge on any atom is 0.294 e. The van der Waals surface area contributed by atoms with E-state index in [0.29, 0.717) is 33.8 Å². The molecular formula is C28H24BrFN2O5S2. The molecule has 3 amide bonds. The summed E-state index contributed by atoms with van der Waals surface area (Å²) in [5.41, 5.74) is 1.97. The molecule has 0 aromatic heterocycles. The van der Waals surface area contributed by atoms with Crippen LogP contribution in [0.25, 0.3) is 6.08 Å².